The highest BCUT2D eigenvalue weighted by atomic mass is 16.5. The van der Waals surface area contributed by atoms with Gasteiger partial charge in [0.1, 0.15) is 0 Å². The molecule has 0 aromatic rings. The molecule has 2 aliphatic rings. The minimum absolute atomic E-state index is 0.294. The third-order valence-corrected chi connectivity index (χ3v) is 3.26. The molecule has 0 heterocycles. The summed E-state index contributed by atoms with van der Waals surface area (Å²) in [5.41, 5.74) is 2.19. The summed E-state index contributed by atoms with van der Waals surface area (Å²) < 4.78 is 5.59. The molecular weight excluding hydrogens is 198 g/mol. The van der Waals surface area contributed by atoms with E-state index in [0.29, 0.717) is 11.8 Å². The maximum atomic E-state index is 9.12. The van der Waals surface area contributed by atoms with Gasteiger partial charge in [-0.25, -0.2) is 0 Å². The number of nitriles is 1. The molecule has 0 amide bonds. The SMILES string of the molecule is CCOC1=CC2=CCC=C(C#N)C2C(C)C1. The van der Waals surface area contributed by atoms with Crippen LogP contribution in [0, 0.1) is 23.2 Å². The van der Waals surface area contributed by atoms with Crippen LogP contribution in [0.4, 0.5) is 0 Å². The summed E-state index contributed by atoms with van der Waals surface area (Å²) in [5.74, 6) is 1.82. The molecule has 0 fully saturated rings. The summed E-state index contributed by atoms with van der Waals surface area (Å²) in [7, 11) is 0. The predicted molar refractivity (Wildman–Crippen MR) is 63.4 cm³/mol. The number of hydrogen-bond acceptors (Lipinski definition) is 2. The normalized spacial score (nSPS) is 28.2. The number of ether oxygens (including phenoxy) is 1. The lowest BCUT2D eigenvalue weighted by Gasteiger charge is -2.32. The van der Waals surface area contributed by atoms with E-state index in [9.17, 15) is 0 Å². The van der Waals surface area contributed by atoms with Crippen LogP contribution >= 0.6 is 0 Å². The number of fused-ring (bicyclic) bond motifs is 1. The van der Waals surface area contributed by atoms with E-state index in [1.54, 1.807) is 0 Å². The van der Waals surface area contributed by atoms with Crippen molar-refractivity contribution in [1.29, 1.82) is 5.26 Å². The zero-order valence-electron chi connectivity index (χ0n) is 9.86. The maximum absolute atomic E-state index is 9.12. The third kappa shape index (κ3) is 1.90. The summed E-state index contributed by atoms with van der Waals surface area (Å²) in [6, 6.07) is 2.33. The van der Waals surface area contributed by atoms with Crippen molar-refractivity contribution >= 4 is 0 Å². The molecule has 16 heavy (non-hydrogen) atoms. The third-order valence-electron chi connectivity index (χ3n) is 3.26. The van der Waals surface area contributed by atoms with Gasteiger partial charge in [0.25, 0.3) is 0 Å². The van der Waals surface area contributed by atoms with E-state index in [0.717, 1.165) is 30.8 Å². The molecular formula is C14H17NO. The van der Waals surface area contributed by atoms with Crippen molar-refractivity contribution in [2.75, 3.05) is 6.61 Å². The molecule has 0 aliphatic heterocycles. The molecule has 0 N–H and O–H groups in total. The summed E-state index contributed by atoms with van der Waals surface area (Å²) in [5, 5.41) is 9.12. The van der Waals surface area contributed by atoms with Gasteiger partial charge >= 0.3 is 0 Å². The van der Waals surface area contributed by atoms with Gasteiger partial charge in [-0.2, -0.15) is 5.26 Å². The van der Waals surface area contributed by atoms with E-state index in [4.69, 9.17) is 10.00 Å². The first-order valence-corrected chi connectivity index (χ1v) is 5.89. The van der Waals surface area contributed by atoms with Crippen LogP contribution in [-0.2, 0) is 4.74 Å². The number of allylic oxidation sites excluding steroid dienone is 6. The molecule has 2 heteroatoms. The Hall–Kier alpha value is -1.49. The predicted octanol–water partition coefficient (Wildman–Crippen LogP) is 3.34. The van der Waals surface area contributed by atoms with E-state index in [1.165, 1.54) is 5.57 Å². The van der Waals surface area contributed by atoms with E-state index in [2.05, 4.69) is 25.1 Å². The van der Waals surface area contributed by atoms with Crippen molar-refractivity contribution in [3.8, 4) is 6.07 Å². The monoisotopic (exact) mass is 215 g/mol. The molecule has 0 spiro atoms. The summed E-state index contributed by atoms with van der Waals surface area (Å²) in [6.07, 6.45) is 8.19. The van der Waals surface area contributed by atoms with Gasteiger partial charge in [0.05, 0.1) is 18.4 Å². The van der Waals surface area contributed by atoms with Gasteiger partial charge < -0.3 is 4.74 Å². The van der Waals surface area contributed by atoms with Crippen molar-refractivity contribution < 1.29 is 4.74 Å². The lowest BCUT2D eigenvalue weighted by Crippen LogP contribution is -2.23. The fraction of sp³-hybridized carbons (Fsp3) is 0.500. The number of rotatable bonds is 2. The van der Waals surface area contributed by atoms with E-state index >= 15 is 0 Å². The average Bonchev–Trinajstić information content (AvgIpc) is 2.28. The van der Waals surface area contributed by atoms with Crippen LogP contribution in [0.1, 0.15) is 26.7 Å². The lowest BCUT2D eigenvalue weighted by molar-refractivity contribution is 0.196. The van der Waals surface area contributed by atoms with Gasteiger partial charge in [-0.05, 0) is 30.9 Å². The topological polar surface area (TPSA) is 33.0 Å². The minimum Gasteiger partial charge on any atom is -0.498 e. The molecule has 2 atom stereocenters. The van der Waals surface area contributed by atoms with Crippen LogP contribution < -0.4 is 0 Å². The van der Waals surface area contributed by atoms with Crippen LogP contribution in [0.5, 0.6) is 0 Å². The number of nitrogens with zero attached hydrogens (tertiary/aromatic N) is 1. The Bertz CT molecular complexity index is 409. The standard InChI is InChI=1S/C14H17NO/c1-3-16-13-7-10(2)14-11(8-13)5-4-6-12(14)9-15/h5-6,8,10,14H,3-4,7H2,1-2H3. The second-order valence-electron chi connectivity index (χ2n) is 4.41. The summed E-state index contributed by atoms with van der Waals surface area (Å²) in [6.45, 7) is 4.92. The van der Waals surface area contributed by atoms with Gasteiger partial charge in [-0.3, -0.25) is 0 Å². The van der Waals surface area contributed by atoms with E-state index < -0.39 is 0 Å². The molecule has 2 nitrogen and oxygen atoms in total. The van der Waals surface area contributed by atoms with Crippen molar-refractivity contribution in [3.05, 3.63) is 35.1 Å². The molecule has 0 aromatic carbocycles. The Morgan fingerprint density at radius 1 is 1.50 bits per heavy atom. The molecule has 84 valence electrons. The highest BCUT2D eigenvalue weighted by Crippen LogP contribution is 2.40. The molecule has 0 bridgehead atoms. The lowest BCUT2D eigenvalue weighted by atomic mass is 9.73. The van der Waals surface area contributed by atoms with Gasteiger partial charge in [-0.1, -0.05) is 19.1 Å². The molecule has 2 aliphatic carbocycles. The quantitative estimate of drug-likeness (QED) is 0.707. The van der Waals surface area contributed by atoms with Crippen LogP contribution in [0.2, 0.25) is 0 Å². The molecule has 0 saturated heterocycles. The maximum Gasteiger partial charge on any atom is 0.0965 e. The zero-order valence-corrected chi connectivity index (χ0v) is 9.86. The van der Waals surface area contributed by atoms with Crippen molar-refractivity contribution in [1.82, 2.24) is 0 Å². The van der Waals surface area contributed by atoms with Crippen LogP contribution in [-0.4, -0.2) is 6.61 Å². The van der Waals surface area contributed by atoms with Crippen LogP contribution in [0.25, 0.3) is 0 Å². The summed E-state index contributed by atoms with van der Waals surface area (Å²) >= 11 is 0. The second-order valence-corrected chi connectivity index (χ2v) is 4.41. The minimum atomic E-state index is 0.294. The first-order chi connectivity index (χ1) is 7.76. The fourth-order valence-corrected chi connectivity index (χ4v) is 2.62. The molecule has 0 aromatic heterocycles. The van der Waals surface area contributed by atoms with Gasteiger partial charge in [-0.15, -0.1) is 0 Å². The van der Waals surface area contributed by atoms with E-state index in [1.807, 2.05) is 13.0 Å². The Labute approximate surface area is 96.9 Å². The Balaban J connectivity index is 2.28. The summed E-state index contributed by atoms with van der Waals surface area (Å²) in [4.78, 5) is 0. The first kappa shape index (κ1) is 11.0. The van der Waals surface area contributed by atoms with Gasteiger partial charge in [0.2, 0.25) is 0 Å². The molecule has 0 saturated carbocycles. The average molecular weight is 215 g/mol. The molecule has 2 unspecified atom stereocenters. The Morgan fingerprint density at radius 3 is 3.00 bits per heavy atom. The highest BCUT2D eigenvalue weighted by molar-refractivity contribution is 5.43. The van der Waals surface area contributed by atoms with Gasteiger partial charge in [0.15, 0.2) is 0 Å². The Morgan fingerprint density at radius 2 is 2.31 bits per heavy atom. The first-order valence-electron chi connectivity index (χ1n) is 5.89. The van der Waals surface area contributed by atoms with Crippen molar-refractivity contribution in [2.24, 2.45) is 11.8 Å². The molecule has 2 rings (SSSR count). The smallest absolute Gasteiger partial charge is 0.0965 e. The Kier molecular flexibility index (Phi) is 3.14. The largest absolute Gasteiger partial charge is 0.498 e. The highest BCUT2D eigenvalue weighted by Gasteiger charge is 2.31. The van der Waals surface area contributed by atoms with Crippen LogP contribution in [0.3, 0.4) is 0 Å². The second kappa shape index (κ2) is 4.57. The van der Waals surface area contributed by atoms with Crippen LogP contribution in [0.15, 0.2) is 35.1 Å². The van der Waals surface area contributed by atoms with E-state index in [-0.39, 0.29) is 0 Å². The number of hydrogen-bond donors (Lipinski definition) is 0. The molecule has 0 radical (unpaired) electrons. The van der Waals surface area contributed by atoms with Gasteiger partial charge in [0, 0.05) is 17.9 Å². The van der Waals surface area contributed by atoms with Crippen molar-refractivity contribution in [3.63, 3.8) is 0 Å². The fourth-order valence-electron chi connectivity index (χ4n) is 2.62. The zero-order chi connectivity index (χ0) is 11.5. The van der Waals surface area contributed by atoms with Crippen molar-refractivity contribution in [2.45, 2.75) is 26.7 Å².